The molecule has 0 aromatic heterocycles. The molecule has 0 saturated heterocycles. The molecule has 0 spiro atoms. The lowest BCUT2D eigenvalue weighted by Crippen LogP contribution is -2.49. The number of rotatable bonds is 8. The van der Waals surface area contributed by atoms with E-state index in [1.807, 2.05) is 24.3 Å². The number of halogens is 1. The summed E-state index contributed by atoms with van der Waals surface area (Å²) in [4.78, 5) is 12.4. The molecule has 0 saturated carbocycles. The molecule has 0 heterocycles. The lowest BCUT2D eigenvalue weighted by atomic mass is 10.2. The number of ether oxygens (including phenoxy) is 1. The Bertz CT molecular complexity index is 401. The van der Waals surface area contributed by atoms with E-state index in [4.69, 9.17) is 4.74 Å². The molecule has 0 bridgehead atoms. The summed E-state index contributed by atoms with van der Waals surface area (Å²) in [7, 11) is -0.326. The van der Waals surface area contributed by atoms with Gasteiger partial charge in [0.1, 0.15) is 11.2 Å². The Labute approximate surface area is 125 Å². The Morgan fingerprint density at radius 3 is 2.32 bits per heavy atom. The number of benzene rings is 1. The number of hydrogen-bond donors (Lipinski definition) is 0. The molecule has 0 amide bonds. The number of hydrogen-bond acceptors (Lipinski definition) is 2. The summed E-state index contributed by atoms with van der Waals surface area (Å²) in [6.07, 6.45) is 4.01. The Balaban J connectivity index is 2.64. The standard InChI is InChI=1S/C15H23BrO2Si/c1-18-13-8-10-14(11-9-13)19(2,3)15(17)7-5-4-6-12-16/h8-11H,4-7,12H2,1-3H3. The number of carbonyl (C=O) groups is 1. The summed E-state index contributed by atoms with van der Waals surface area (Å²) < 4.78 is 5.16. The minimum absolute atomic E-state index is 0.451. The smallest absolute Gasteiger partial charge is 0.157 e. The van der Waals surface area contributed by atoms with E-state index in [9.17, 15) is 4.79 Å². The molecule has 0 unspecified atom stereocenters. The zero-order chi connectivity index (χ0) is 14.3. The van der Waals surface area contributed by atoms with Crippen molar-refractivity contribution < 1.29 is 9.53 Å². The molecule has 0 atom stereocenters. The molecule has 4 heteroatoms. The van der Waals surface area contributed by atoms with Crippen molar-refractivity contribution in [2.24, 2.45) is 0 Å². The SMILES string of the molecule is COc1ccc([Si](C)(C)C(=O)CCCCCBr)cc1. The second kappa shape index (κ2) is 7.85. The molecule has 0 N–H and O–H groups in total. The van der Waals surface area contributed by atoms with Crippen LogP contribution in [0.2, 0.25) is 13.1 Å². The highest BCUT2D eigenvalue weighted by atomic mass is 79.9. The van der Waals surface area contributed by atoms with E-state index >= 15 is 0 Å². The first-order valence-electron chi connectivity index (χ1n) is 6.76. The Morgan fingerprint density at radius 2 is 1.79 bits per heavy atom. The van der Waals surface area contributed by atoms with Gasteiger partial charge in [0, 0.05) is 11.8 Å². The van der Waals surface area contributed by atoms with Crippen LogP contribution in [0.25, 0.3) is 0 Å². The molecule has 0 radical (unpaired) electrons. The zero-order valence-electron chi connectivity index (χ0n) is 12.0. The van der Waals surface area contributed by atoms with Crippen LogP contribution in [0.3, 0.4) is 0 Å². The molecular weight excluding hydrogens is 320 g/mol. The van der Waals surface area contributed by atoms with E-state index in [1.54, 1.807) is 7.11 Å². The molecule has 1 aromatic carbocycles. The van der Waals surface area contributed by atoms with Gasteiger partial charge in [0.15, 0.2) is 8.07 Å². The molecule has 0 fully saturated rings. The van der Waals surface area contributed by atoms with Gasteiger partial charge in [0.25, 0.3) is 0 Å². The maximum Gasteiger partial charge on any atom is 0.157 e. The van der Waals surface area contributed by atoms with Crippen LogP contribution in [0.1, 0.15) is 25.7 Å². The van der Waals surface area contributed by atoms with Crippen molar-refractivity contribution in [3.05, 3.63) is 24.3 Å². The first kappa shape index (κ1) is 16.4. The second-order valence-electron chi connectivity index (χ2n) is 5.28. The van der Waals surface area contributed by atoms with Gasteiger partial charge in [-0.1, -0.05) is 52.8 Å². The maximum absolute atomic E-state index is 12.4. The van der Waals surface area contributed by atoms with Crippen LogP contribution in [-0.4, -0.2) is 25.9 Å². The van der Waals surface area contributed by atoms with E-state index in [0.29, 0.717) is 5.41 Å². The van der Waals surface area contributed by atoms with Crippen LogP contribution in [0.4, 0.5) is 0 Å². The van der Waals surface area contributed by atoms with Crippen LogP contribution in [-0.2, 0) is 4.79 Å². The topological polar surface area (TPSA) is 26.3 Å². The van der Waals surface area contributed by atoms with E-state index in [0.717, 1.165) is 36.8 Å². The highest BCUT2D eigenvalue weighted by molar-refractivity contribution is 9.09. The van der Waals surface area contributed by atoms with Gasteiger partial charge < -0.3 is 9.53 Å². The van der Waals surface area contributed by atoms with Gasteiger partial charge in [-0.3, -0.25) is 0 Å². The van der Waals surface area contributed by atoms with Crippen molar-refractivity contribution in [1.82, 2.24) is 0 Å². The predicted molar refractivity (Wildman–Crippen MR) is 87.4 cm³/mol. The summed E-state index contributed by atoms with van der Waals surface area (Å²) in [5, 5.41) is 2.67. The van der Waals surface area contributed by atoms with E-state index in [-0.39, 0.29) is 0 Å². The molecule has 2 nitrogen and oxygen atoms in total. The molecule has 0 aliphatic rings. The van der Waals surface area contributed by atoms with Gasteiger partial charge in [0.05, 0.1) is 7.11 Å². The van der Waals surface area contributed by atoms with Gasteiger partial charge >= 0.3 is 0 Å². The number of alkyl halides is 1. The maximum atomic E-state index is 12.4. The van der Waals surface area contributed by atoms with Crippen LogP contribution in [0.5, 0.6) is 5.75 Å². The number of carbonyl (C=O) groups excluding carboxylic acids is 1. The minimum Gasteiger partial charge on any atom is -0.497 e. The average Bonchev–Trinajstić information content (AvgIpc) is 2.43. The van der Waals surface area contributed by atoms with Crippen molar-refractivity contribution in [3.63, 3.8) is 0 Å². The quantitative estimate of drug-likeness (QED) is 0.409. The Hall–Kier alpha value is -0.613. The number of unbranched alkanes of at least 4 members (excludes halogenated alkanes) is 2. The first-order valence-corrected chi connectivity index (χ1v) is 10.9. The van der Waals surface area contributed by atoms with Crippen molar-refractivity contribution >= 4 is 34.6 Å². The van der Waals surface area contributed by atoms with E-state index in [2.05, 4.69) is 29.0 Å². The summed E-state index contributed by atoms with van der Waals surface area (Å²) in [6, 6.07) is 7.98. The lowest BCUT2D eigenvalue weighted by molar-refractivity contribution is -0.112. The van der Waals surface area contributed by atoms with Gasteiger partial charge in [-0.2, -0.15) is 0 Å². The van der Waals surface area contributed by atoms with Gasteiger partial charge in [0.2, 0.25) is 0 Å². The summed E-state index contributed by atoms with van der Waals surface area (Å²) in [6.45, 7) is 4.28. The van der Waals surface area contributed by atoms with E-state index < -0.39 is 8.07 Å². The lowest BCUT2D eigenvalue weighted by Gasteiger charge is -2.21. The predicted octanol–water partition coefficient (Wildman–Crippen LogP) is 3.67. The van der Waals surface area contributed by atoms with E-state index in [1.165, 1.54) is 5.19 Å². The fourth-order valence-electron chi connectivity index (χ4n) is 2.04. The largest absolute Gasteiger partial charge is 0.497 e. The van der Waals surface area contributed by atoms with Gasteiger partial charge in [-0.15, -0.1) is 0 Å². The van der Waals surface area contributed by atoms with Gasteiger partial charge in [-0.05, 0) is 25.0 Å². The molecule has 1 rings (SSSR count). The number of methoxy groups -OCH3 is 1. The summed E-state index contributed by atoms with van der Waals surface area (Å²) in [5.41, 5.74) is 0. The van der Waals surface area contributed by atoms with Crippen molar-refractivity contribution in [2.75, 3.05) is 12.4 Å². The highest BCUT2D eigenvalue weighted by Crippen LogP contribution is 2.14. The molecule has 19 heavy (non-hydrogen) atoms. The fraction of sp³-hybridized carbons (Fsp3) is 0.533. The highest BCUT2D eigenvalue weighted by Gasteiger charge is 2.31. The van der Waals surface area contributed by atoms with Crippen LogP contribution in [0.15, 0.2) is 24.3 Å². The third kappa shape index (κ3) is 4.77. The Kier molecular flexibility index (Phi) is 6.79. The Morgan fingerprint density at radius 1 is 1.16 bits per heavy atom. The molecule has 106 valence electrons. The third-order valence-electron chi connectivity index (χ3n) is 3.55. The summed E-state index contributed by atoms with van der Waals surface area (Å²) in [5.74, 6) is 0.846. The molecule has 0 aliphatic heterocycles. The second-order valence-corrected chi connectivity index (χ2v) is 10.5. The third-order valence-corrected chi connectivity index (χ3v) is 7.53. The van der Waals surface area contributed by atoms with Gasteiger partial charge in [-0.25, -0.2) is 0 Å². The van der Waals surface area contributed by atoms with Crippen molar-refractivity contribution in [1.29, 1.82) is 0 Å². The fourth-order valence-corrected chi connectivity index (χ4v) is 4.56. The van der Waals surface area contributed by atoms with Crippen molar-refractivity contribution in [3.8, 4) is 5.75 Å². The molecule has 0 aliphatic carbocycles. The van der Waals surface area contributed by atoms with Crippen LogP contribution < -0.4 is 9.92 Å². The van der Waals surface area contributed by atoms with Crippen LogP contribution >= 0.6 is 15.9 Å². The minimum atomic E-state index is -1.98. The van der Waals surface area contributed by atoms with Crippen molar-refractivity contribution in [2.45, 2.75) is 38.8 Å². The molecule has 1 aromatic rings. The monoisotopic (exact) mass is 342 g/mol. The summed E-state index contributed by atoms with van der Waals surface area (Å²) >= 11 is 3.42. The molecular formula is C15H23BrO2Si. The zero-order valence-corrected chi connectivity index (χ0v) is 14.6. The average molecular weight is 343 g/mol. The normalized spacial score (nSPS) is 11.4. The first-order chi connectivity index (χ1) is 9.02. The van der Waals surface area contributed by atoms with Crippen LogP contribution in [0, 0.1) is 0 Å².